The molecule has 0 aliphatic heterocycles. The van der Waals surface area contributed by atoms with E-state index >= 15 is 0 Å². The van der Waals surface area contributed by atoms with Crippen LogP contribution in [-0.4, -0.2) is 38.4 Å². The molecule has 0 saturated heterocycles. The highest BCUT2D eigenvalue weighted by molar-refractivity contribution is 7.99. The molecule has 5 nitrogen and oxygen atoms in total. The van der Waals surface area contributed by atoms with E-state index in [2.05, 4.69) is 16.8 Å². The highest BCUT2D eigenvalue weighted by Crippen LogP contribution is 2.26. The predicted molar refractivity (Wildman–Crippen MR) is 114 cm³/mol. The van der Waals surface area contributed by atoms with Gasteiger partial charge in [-0.2, -0.15) is 0 Å². The molecule has 0 N–H and O–H groups in total. The van der Waals surface area contributed by atoms with Crippen molar-refractivity contribution < 1.29 is 13.6 Å². The normalized spacial score (nSPS) is 10.8. The van der Waals surface area contributed by atoms with Gasteiger partial charge in [-0.3, -0.25) is 9.36 Å². The Morgan fingerprint density at radius 1 is 1.20 bits per heavy atom. The largest absolute Gasteiger partial charge is 0.341 e. The first-order valence-electron chi connectivity index (χ1n) is 9.01. The molecule has 0 spiro atoms. The molecule has 156 valence electrons. The maximum atomic E-state index is 14.2. The van der Waals surface area contributed by atoms with Gasteiger partial charge >= 0.3 is 0 Å². The van der Waals surface area contributed by atoms with E-state index in [4.69, 9.17) is 11.6 Å². The molecule has 9 heteroatoms. The van der Waals surface area contributed by atoms with Gasteiger partial charge in [0.25, 0.3) is 0 Å². The zero-order valence-corrected chi connectivity index (χ0v) is 17.8. The predicted octanol–water partition coefficient (Wildman–Crippen LogP) is 4.81. The number of halogens is 3. The molecule has 0 saturated carbocycles. The van der Waals surface area contributed by atoms with E-state index in [1.165, 1.54) is 23.1 Å². The second-order valence-electron chi connectivity index (χ2n) is 6.42. The molecule has 0 radical (unpaired) electrons. The van der Waals surface area contributed by atoms with E-state index in [0.29, 0.717) is 23.1 Å². The van der Waals surface area contributed by atoms with E-state index in [0.717, 1.165) is 11.8 Å². The molecule has 0 unspecified atom stereocenters. The van der Waals surface area contributed by atoms with Crippen LogP contribution in [0.2, 0.25) is 5.02 Å². The maximum Gasteiger partial charge on any atom is 0.233 e. The number of aromatic nitrogens is 3. The Balaban J connectivity index is 1.73. The molecule has 30 heavy (non-hydrogen) atoms. The number of carbonyl (C=O) groups excluding carboxylic acids is 1. The summed E-state index contributed by atoms with van der Waals surface area (Å²) in [5.74, 6) is -0.705. The third-order valence-corrected chi connectivity index (χ3v) is 5.66. The van der Waals surface area contributed by atoms with Crippen LogP contribution in [0.15, 0.2) is 60.3 Å². The average Bonchev–Trinajstić information content (AvgIpc) is 3.12. The number of hydrogen-bond donors (Lipinski definition) is 0. The molecule has 1 amide bonds. The quantitative estimate of drug-likeness (QED) is 0.366. The number of nitrogens with zero attached hydrogens (tertiary/aromatic N) is 4. The maximum absolute atomic E-state index is 14.2. The first-order valence-corrected chi connectivity index (χ1v) is 10.4. The number of allylic oxidation sites excluding steroid dienone is 1. The molecule has 0 bridgehead atoms. The van der Waals surface area contributed by atoms with E-state index < -0.39 is 11.6 Å². The molecule has 0 fully saturated rings. The van der Waals surface area contributed by atoms with E-state index in [1.807, 2.05) is 0 Å². The summed E-state index contributed by atoms with van der Waals surface area (Å²) in [5, 5.41) is 8.92. The SMILES string of the molecule is C=CCn1c(SCC(=O)N(C)Cc2c(F)cccc2Cl)nnc1-c1ccccc1F. The lowest BCUT2D eigenvalue weighted by Crippen LogP contribution is -2.28. The summed E-state index contributed by atoms with van der Waals surface area (Å²) in [7, 11) is 1.57. The van der Waals surface area contributed by atoms with Crippen molar-refractivity contribution in [1.29, 1.82) is 0 Å². The Bertz CT molecular complexity index is 1050. The molecule has 2 aromatic carbocycles. The Morgan fingerprint density at radius 2 is 1.93 bits per heavy atom. The second kappa shape index (κ2) is 9.86. The molecule has 0 aliphatic rings. The number of benzene rings is 2. The van der Waals surface area contributed by atoms with Crippen molar-refractivity contribution in [3.05, 3.63) is 77.3 Å². The fraction of sp³-hybridized carbons (Fsp3) is 0.190. The smallest absolute Gasteiger partial charge is 0.233 e. The van der Waals surface area contributed by atoms with Crippen molar-refractivity contribution in [2.75, 3.05) is 12.8 Å². The lowest BCUT2D eigenvalue weighted by Gasteiger charge is -2.18. The monoisotopic (exact) mass is 448 g/mol. The third kappa shape index (κ3) is 4.88. The van der Waals surface area contributed by atoms with Crippen LogP contribution in [0, 0.1) is 11.6 Å². The summed E-state index contributed by atoms with van der Waals surface area (Å²) in [5.41, 5.74) is 0.577. The van der Waals surface area contributed by atoms with E-state index in [9.17, 15) is 13.6 Å². The number of thioether (sulfide) groups is 1. The van der Waals surface area contributed by atoms with Crippen LogP contribution in [0.1, 0.15) is 5.56 Å². The highest BCUT2D eigenvalue weighted by atomic mass is 35.5. The molecule has 3 aromatic rings. The Kier molecular flexibility index (Phi) is 7.23. The molecular weight excluding hydrogens is 430 g/mol. The zero-order valence-electron chi connectivity index (χ0n) is 16.2. The van der Waals surface area contributed by atoms with Crippen molar-refractivity contribution in [3.8, 4) is 11.4 Å². The summed E-state index contributed by atoms with van der Waals surface area (Å²) >= 11 is 7.20. The van der Waals surface area contributed by atoms with Crippen molar-refractivity contribution in [2.24, 2.45) is 0 Å². The van der Waals surface area contributed by atoms with Crippen LogP contribution in [0.25, 0.3) is 11.4 Å². The molecule has 1 aromatic heterocycles. The number of rotatable bonds is 8. The van der Waals surface area contributed by atoms with Crippen LogP contribution in [-0.2, 0) is 17.9 Å². The standard InChI is InChI=1S/C21H19ClF2N4OS/c1-3-11-28-20(14-7-4-5-9-17(14)23)25-26-21(28)30-13-19(29)27(2)12-15-16(22)8-6-10-18(15)24/h3-10H,1,11-13H2,2H3. The van der Waals surface area contributed by atoms with Crippen molar-refractivity contribution in [2.45, 2.75) is 18.2 Å². The number of hydrogen-bond acceptors (Lipinski definition) is 4. The fourth-order valence-electron chi connectivity index (χ4n) is 2.78. The van der Waals surface area contributed by atoms with Gasteiger partial charge in [-0.1, -0.05) is 47.6 Å². The van der Waals surface area contributed by atoms with Crippen LogP contribution < -0.4 is 0 Å². The summed E-state index contributed by atoms with van der Waals surface area (Å²) in [6.45, 7) is 4.12. The Morgan fingerprint density at radius 3 is 2.63 bits per heavy atom. The summed E-state index contributed by atoms with van der Waals surface area (Å²) in [6, 6.07) is 10.7. The Hall–Kier alpha value is -2.71. The zero-order chi connectivity index (χ0) is 21.7. The first-order chi connectivity index (χ1) is 14.4. The number of carbonyl (C=O) groups is 1. The molecule has 0 atom stereocenters. The molecule has 1 heterocycles. The van der Waals surface area contributed by atoms with Crippen molar-refractivity contribution in [3.63, 3.8) is 0 Å². The summed E-state index contributed by atoms with van der Waals surface area (Å²) < 4.78 is 29.8. The topological polar surface area (TPSA) is 51.0 Å². The van der Waals surface area contributed by atoms with Gasteiger partial charge in [0.1, 0.15) is 11.6 Å². The first kappa shape index (κ1) is 22.0. The van der Waals surface area contributed by atoms with Gasteiger partial charge in [-0.05, 0) is 24.3 Å². The van der Waals surface area contributed by atoms with Gasteiger partial charge in [0.15, 0.2) is 11.0 Å². The van der Waals surface area contributed by atoms with Crippen LogP contribution in [0.3, 0.4) is 0 Å². The van der Waals surface area contributed by atoms with Crippen LogP contribution in [0.5, 0.6) is 0 Å². The Labute approximate surface area is 182 Å². The van der Waals surface area contributed by atoms with E-state index in [1.54, 1.807) is 42.0 Å². The molecular formula is C21H19ClF2N4OS. The lowest BCUT2D eigenvalue weighted by molar-refractivity contribution is -0.127. The molecule has 0 aliphatic carbocycles. The summed E-state index contributed by atoms with van der Waals surface area (Å²) in [4.78, 5) is 13.9. The lowest BCUT2D eigenvalue weighted by atomic mass is 10.2. The summed E-state index contributed by atoms with van der Waals surface area (Å²) in [6.07, 6.45) is 1.64. The van der Waals surface area contributed by atoms with Crippen molar-refractivity contribution in [1.82, 2.24) is 19.7 Å². The van der Waals surface area contributed by atoms with Gasteiger partial charge in [-0.15, -0.1) is 16.8 Å². The minimum Gasteiger partial charge on any atom is -0.341 e. The third-order valence-electron chi connectivity index (χ3n) is 4.35. The minimum absolute atomic E-state index is 0.0464. The van der Waals surface area contributed by atoms with Gasteiger partial charge in [0, 0.05) is 30.7 Å². The van der Waals surface area contributed by atoms with Gasteiger partial charge in [-0.25, -0.2) is 8.78 Å². The number of amides is 1. The molecule has 3 rings (SSSR count). The van der Waals surface area contributed by atoms with Crippen molar-refractivity contribution >= 4 is 29.3 Å². The second-order valence-corrected chi connectivity index (χ2v) is 7.77. The average molecular weight is 449 g/mol. The highest BCUT2D eigenvalue weighted by Gasteiger charge is 2.19. The van der Waals surface area contributed by atoms with E-state index in [-0.39, 0.29) is 28.8 Å². The fourth-order valence-corrected chi connectivity index (χ4v) is 3.89. The van der Waals surface area contributed by atoms with Gasteiger partial charge < -0.3 is 4.90 Å². The van der Waals surface area contributed by atoms with Gasteiger partial charge in [0.05, 0.1) is 11.3 Å². The minimum atomic E-state index is -0.463. The van der Waals surface area contributed by atoms with Crippen LogP contribution in [0.4, 0.5) is 8.78 Å². The van der Waals surface area contributed by atoms with Gasteiger partial charge in [0.2, 0.25) is 5.91 Å². The van der Waals surface area contributed by atoms with Crippen LogP contribution >= 0.6 is 23.4 Å².